The first-order valence-corrected chi connectivity index (χ1v) is 11.8. The van der Waals surface area contributed by atoms with E-state index in [1.54, 1.807) is 0 Å². The largest absolute Gasteiger partial charge is 0.494 e. The van der Waals surface area contributed by atoms with Gasteiger partial charge in [0.2, 0.25) is 5.91 Å². The summed E-state index contributed by atoms with van der Waals surface area (Å²) in [4.78, 5) is 22.1. The number of thioether (sulfide) groups is 1. The van der Waals surface area contributed by atoms with Gasteiger partial charge in [-0.25, -0.2) is 4.79 Å². The van der Waals surface area contributed by atoms with E-state index in [4.69, 9.17) is 14.6 Å². The number of carbonyl (C=O) groups is 2. The fraction of sp³-hybridized carbons (Fsp3) is 0.360. The molecule has 0 aromatic heterocycles. The lowest BCUT2D eigenvalue weighted by molar-refractivity contribution is -0.140. The molecule has 6 nitrogen and oxygen atoms in total. The van der Waals surface area contributed by atoms with Crippen LogP contribution in [-0.4, -0.2) is 41.1 Å². The molecule has 2 rings (SSSR count). The Morgan fingerprint density at radius 3 is 2.31 bits per heavy atom. The SMILES string of the molecule is CC(=O)N[C@@H](CSC/C=C(\C)CCCCOc1ccc(Oc2ccccc2)cc1)C(=O)O. The van der Waals surface area contributed by atoms with Gasteiger partial charge in [-0.2, -0.15) is 11.8 Å². The first kappa shape index (κ1) is 25.3. The maximum absolute atomic E-state index is 11.1. The van der Waals surface area contributed by atoms with Gasteiger partial charge >= 0.3 is 5.97 Å². The third kappa shape index (κ3) is 10.4. The summed E-state index contributed by atoms with van der Waals surface area (Å²) in [5, 5.41) is 11.5. The number of hydrogen-bond acceptors (Lipinski definition) is 5. The second kappa shape index (κ2) is 14.2. The molecule has 0 bridgehead atoms. The van der Waals surface area contributed by atoms with Crippen molar-refractivity contribution in [2.24, 2.45) is 0 Å². The van der Waals surface area contributed by atoms with E-state index in [0.29, 0.717) is 12.4 Å². The number of aliphatic carboxylic acids is 1. The Hall–Kier alpha value is -2.93. The van der Waals surface area contributed by atoms with E-state index in [1.807, 2.05) is 54.6 Å². The average Bonchev–Trinajstić information content (AvgIpc) is 2.77. The van der Waals surface area contributed by atoms with Crippen LogP contribution in [0.2, 0.25) is 0 Å². The van der Waals surface area contributed by atoms with Crippen LogP contribution in [0.15, 0.2) is 66.2 Å². The number of carboxylic acids is 1. The number of allylic oxidation sites excluding steroid dienone is 1. The van der Waals surface area contributed by atoms with Gasteiger partial charge < -0.3 is 19.9 Å². The van der Waals surface area contributed by atoms with Crippen molar-refractivity contribution in [2.45, 2.75) is 39.2 Å². The molecule has 2 aromatic rings. The first-order valence-electron chi connectivity index (χ1n) is 10.6. The van der Waals surface area contributed by atoms with Crippen LogP contribution in [0.5, 0.6) is 17.2 Å². The van der Waals surface area contributed by atoms with Crippen molar-refractivity contribution in [3.63, 3.8) is 0 Å². The van der Waals surface area contributed by atoms with E-state index in [-0.39, 0.29) is 5.91 Å². The molecule has 32 heavy (non-hydrogen) atoms. The molecule has 2 N–H and O–H groups in total. The maximum Gasteiger partial charge on any atom is 0.327 e. The standard InChI is InChI=1S/C25H31NO5S/c1-19(15-17-32-18-24(25(28)29)26-20(2)27)8-6-7-16-30-21-11-13-23(14-12-21)31-22-9-4-3-5-10-22/h3-5,9-15,24H,6-8,16-18H2,1-2H3,(H,26,27)(H,28,29)/b19-15+/t24-/m0/s1. The monoisotopic (exact) mass is 457 g/mol. The van der Waals surface area contributed by atoms with E-state index in [1.165, 1.54) is 24.3 Å². The third-order valence-electron chi connectivity index (χ3n) is 4.55. The number of benzene rings is 2. The van der Waals surface area contributed by atoms with Gasteiger partial charge in [-0.3, -0.25) is 4.79 Å². The van der Waals surface area contributed by atoms with Crippen LogP contribution in [0.4, 0.5) is 0 Å². The molecular formula is C25H31NO5S. The van der Waals surface area contributed by atoms with E-state index in [0.717, 1.165) is 42.3 Å². The molecule has 0 saturated carbocycles. The zero-order valence-corrected chi connectivity index (χ0v) is 19.4. The van der Waals surface area contributed by atoms with Gasteiger partial charge in [0.05, 0.1) is 6.61 Å². The average molecular weight is 458 g/mol. The minimum Gasteiger partial charge on any atom is -0.494 e. The predicted molar refractivity (Wildman–Crippen MR) is 129 cm³/mol. The summed E-state index contributed by atoms with van der Waals surface area (Å²) < 4.78 is 11.6. The number of ether oxygens (including phenoxy) is 2. The van der Waals surface area contributed by atoms with E-state index in [9.17, 15) is 9.59 Å². The van der Waals surface area contributed by atoms with Crippen LogP contribution < -0.4 is 14.8 Å². The Kier molecular flexibility index (Phi) is 11.2. The molecule has 0 heterocycles. The summed E-state index contributed by atoms with van der Waals surface area (Å²) in [5.41, 5.74) is 1.27. The van der Waals surface area contributed by atoms with Gasteiger partial charge in [0.1, 0.15) is 23.3 Å². The summed E-state index contributed by atoms with van der Waals surface area (Å²) in [7, 11) is 0. The molecule has 0 spiro atoms. The Balaban J connectivity index is 1.58. The zero-order valence-electron chi connectivity index (χ0n) is 18.6. The molecule has 0 fully saturated rings. The van der Waals surface area contributed by atoms with E-state index >= 15 is 0 Å². The van der Waals surface area contributed by atoms with Crippen LogP contribution in [0.1, 0.15) is 33.1 Å². The highest BCUT2D eigenvalue weighted by molar-refractivity contribution is 7.99. The maximum atomic E-state index is 11.1. The number of unbranched alkanes of at least 4 members (excludes halogenated alkanes) is 1. The highest BCUT2D eigenvalue weighted by Crippen LogP contribution is 2.23. The van der Waals surface area contributed by atoms with E-state index < -0.39 is 12.0 Å². The normalized spacial score (nSPS) is 12.1. The molecule has 0 aliphatic rings. The lowest BCUT2D eigenvalue weighted by Crippen LogP contribution is -2.41. The van der Waals surface area contributed by atoms with Crippen LogP contribution in [0.25, 0.3) is 0 Å². The van der Waals surface area contributed by atoms with Crippen molar-refractivity contribution in [3.8, 4) is 17.2 Å². The Morgan fingerprint density at radius 2 is 1.66 bits per heavy atom. The second-order valence-corrected chi connectivity index (χ2v) is 8.45. The molecule has 0 aliphatic carbocycles. The molecule has 0 saturated heterocycles. The summed E-state index contributed by atoms with van der Waals surface area (Å²) in [6.07, 6.45) is 5.06. The number of carbonyl (C=O) groups excluding carboxylic acids is 1. The molecule has 1 amide bonds. The van der Waals surface area contributed by atoms with Gasteiger partial charge in [0.15, 0.2) is 0 Å². The predicted octanol–water partition coefficient (Wildman–Crippen LogP) is 5.30. The Labute approximate surface area is 194 Å². The lowest BCUT2D eigenvalue weighted by Gasteiger charge is -2.12. The first-order chi connectivity index (χ1) is 15.4. The summed E-state index contributed by atoms with van der Waals surface area (Å²) in [5.74, 6) is 2.13. The quantitative estimate of drug-likeness (QED) is 0.296. The van der Waals surface area contributed by atoms with Crippen molar-refractivity contribution in [1.29, 1.82) is 0 Å². The van der Waals surface area contributed by atoms with Gasteiger partial charge in [-0.15, -0.1) is 0 Å². The van der Waals surface area contributed by atoms with Crippen molar-refractivity contribution in [2.75, 3.05) is 18.1 Å². The molecule has 1 atom stereocenters. The number of rotatable bonds is 14. The third-order valence-corrected chi connectivity index (χ3v) is 5.52. The van der Waals surface area contributed by atoms with Gasteiger partial charge in [-0.05, 0) is 62.6 Å². The molecule has 0 aliphatic heterocycles. The van der Waals surface area contributed by atoms with Crippen LogP contribution in [-0.2, 0) is 9.59 Å². The lowest BCUT2D eigenvalue weighted by atomic mass is 10.1. The number of nitrogens with one attached hydrogen (secondary N) is 1. The topological polar surface area (TPSA) is 84.9 Å². The molecule has 172 valence electrons. The van der Waals surface area contributed by atoms with Gasteiger partial charge in [0, 0.05) is 18.4 Å². The van der Waals surface area contributed by atoms with Crippen molar-refractivity contribution in [3.05, 3.63) is 66.2 Å². The van der Waals surface area contributed by atoms with Crippen LogP contribution in [0, 0.1) is 0 Å². The Bertz CT molecular complexity index is 868. The highest BCUT2D eigenvalue weighted by atomic mass is 32.2. The Morgan fingerprint density at radius 1 is 1.00 bits per heavy atom. The van der Waals surface area contributed by atoms with Crippen molar-refractivity contribution < 1.29 is 24.2 Å². The summed E-state index contributed by atoms with van der Waals surface area (Å²) >= 11 is 1.50. The minimum absolute atomic E-state index is 0.330. The fourth-order valence-corrected chi connectivity index (χ4v) is 3.83. The molecule has 2 aromatic carbocycles. The number of para-hydroxylation sites is 1. The van der Waals surface area contributed by atoms with Crippen molar-refractivity contribution in [1.82, 2.24) is 5.32 Å². The van der Waals surface area contributed by atoms with Crippen molar-refractivity contribution >= 4 is 23.6 Å². The van der Waals surface area contributed by atoms with Gasteiger partial charge in [0.25, 0.3) is 0 Å². The second-order valence-electron chi connectivity index (χ2n) is 7.37. The zero-order chi connectivity index (χ0) is 23.2. The minimum atomic E-state index is -1.01. The number of carboxylic acid groups (broad SMARTS) is 1. The molecule has 0 unspecified atom stereocenters. The number of hydrogen-bond donors (Lipinski definition) is 2. The van der Waals surface area contributed by atoms with Crippen LogP contribution >= 0.6 is 11.8 Å². The summed E-state index contributed by atoms with van der Waals surface area (Å²) in [6.45, 7) is 4.05. The smallest absolute Gasteiger partial charge is 0.327 e. The molecular weight excluding hydrogens is 426 g/mol. The van der Waals surface area contributed by atoms with Crippen LogP contribution in [0.3, 0.4) is 0 Å². The molecule has 7 heteroatoms. The molecule has 0 radical (unpaired) electrons. The highest BCUT2D eigenvalue weighted by Gasteiger charge is 2.17. The van der Waals surface area contributed by atoms with Gasteiger partial charge in [-0.1, -0.05) is 29.8 Å². The fourth-order valence-electron chi connectivity index (χ4n) is 2.83. The summed E-state index contributed by atoms with van der Waals surface area (Å²) in [6, 6.07) is 16.4. The number of amides is 1. The van der Waals surface area contributed by atoms with E-state index in [2.05, 4.69) is 18.3 Å².